The van der Waals surface area contributed by atoms with E-state index in [2.05, 4.69) is 88.4 Å². The fourth-order valence-corrected chi connectivity index (χ4v) is 10.9. The van der Waals surface area contributed by atoms with Gasteiger partial charge in [0.15, 0.2) is 9.84 Å². The quantitative estimate of drug-likeness (QED) is 0.245. The molecular weight excluding hydrogens is 468 g/mol. The van der Waals surface area contributed by atoms with Crippen molar-refractivity contribution in [2.75, 3.05) is 5.75 Å². The van der Waals surface area contributed by atoms with Gasteiger partial charge in [-0.15, -0.1) is 0 Å². The second-order valence-corrected chi connectivity index (χ2v) is 16.5. The molecule has 3 aromatic carbocycles. The molecule has 0 spiro atoms. The number of rotatable bonds is 10. The monoisotopic (exact) mass is 506 g/mol. The first-order valence-electron chi connectivity index (χ1n) is 12.3. The Morgan fingerprint density at radius 2 is 1.31 bits per heavy atom. The molecule has 0 aromatic heterocycles. The third-order valence-corrected chi connectivity index (χ3v) is 13.4. The molecule has 0 N–H and O–H groups in total. The van der Waals surface area contributed by atoms with Crippen molar-refractivity contribution < 1.29 is 12.8 Å². The lowest BCUT2D eigenvalue weighted by molar-refractivity contribution is 0.197. The van der Waals surface area contributed by atoms with Crippen molar-refractivity contribution in [1.29, 1.82) is 0 Å². The molecule has 0 aliphatic heterocycles. The molecule has 0 bridgehead atoms. The van der Waals surface area contributed by atoms with Crippen molar-refractivity contribution in [3.8, 4) is 0 Å². The van der Waals surface area contributed by atoms with E-state index in [-0.39, 0.29) is 16.9 Å². The van der Waals surface area contributed by atoms with Gasteiger partial charge in [0.05, 0.1) is 10.6 Å². The summed E-state index contributed by atoms with van der Waals surface area (Å²) in [4.78, 5) is 0.371. The zero-order chi connectivity index (χ0) is 25.5. The minimum Gasteiger partial charge on any atom is -0.405 e. The van der Waals surface area contributed by atoms with Crippen LogP contribution in [0.5, 0.6) is 0 Å². The molecule has 3 rings (SSSR count). The molecule has 1 atom stereocenters. The summed E-state index contributed by atoms with van der Waals surface area (Å²) in [5.74, 6) is 0.0426. The van der Waals surface area contributed by atoms with Gasteiger partial charge in [0.25, 0.3) is 8.32 Å². The minimum atomic E-state index is -3.32. The summed E-state index contributed by atoms with van der Waals surface area (Å²) in [6.45, 7) is 10.9. The molecule has 0 aliphatic carbocycles. The highest BCUT2D eigenvalue weighted by Crippen LogP contribution is 2.37. The Labute approximate surface area is 212 Å². The summed E-state index contributed by atoms with van der Waals surface area (Å²) >= 11 is 0. The fraction of sp³-hybridized carbons (Fsp3) is 0.333. The van der Waals surface area contributed by atoms with E-state index in [1.807, 2.05) is 19.1 Å². The van der Waals surface area contributed by atoms with E-state index in [9.17, 15) is 8.42 Å². The predicted molar refractivity (Wildman–Crippen MR) is 150 cm³/mol. The molecule has 5 heteroatoms. The molecule has 0 saturated carbocycles. The summed E-state index contributed by atoms with van der Waals surface area (Å²) in [7, 11) is -5.91. The molecule has 0 radical (unpaired) electrons. The van der Waals surface area contributed by atoms with Crippen molar-refractivity contribution in [2.45, 2.75) is 63.5 Å². The number of allylic oxidation sites excluding steroid dienone is 1. The van der Waals surface area contributed by atoms with Gasteiger partial charge in [-0.3, -0.25) is 0 Å². The van der Waals surface area contributed by atoms with Crippen LogP contribution in [0, 0.1) is 0 Å². The molecule has 0 amide bonds. The standard InChI is InChI=1S/C30H38O3SSi/c1-25(24-34(31,32)27-18-9-6-10-19-27)16-15-17-26(2)33-35(30(3,4)5,28-20-11-7-12-21-28)29-22-13-8-14-23-29/h6-14,16,18-23,26H,15,17,24H2,1-5H3/b25-16+. The van der Waals surface area contributed by atoms with Gasteiger partial charge in [0.2, 0.25) is 0 Å². The second kappa shape index (κ2) is 11.5. The van der Waals surface area contributed by atoms with Gasteiger partial charge in [-0.2, -0.15) is 0 Å². The molecule has 186 valence electrons. The van der Waals surface area contributed by atoms with Crippen molar-refractivity contribution >= 4 is 28.5 Å². The average Bonchev–Trinajstić information content (AvgIpc) is 2.83. The van der Waals surface area contributed by atoms with Crippen molar-refractivity contribution in [1.82, 2.24) is 0 Å². The SMILES string of the molecule is C/C(=C\CCC(C)O[Si](c1ccccc1)(c1ccccc1)C(C)(C)C)CS(=O)(=O)c1ccccc1. The van der Waals surface area contributed by atoms with Crippen LogP contribution in [0.25, 0.3) is 0 Å². The maximum absolute atomic E-state index is 12.7. The molecule has 0 saturated heterocycles. The molecule has 0 fully saturated rings. The predicted octanol–water partition coefficient (Wildman–Crippen LogP) is 6.15. The first-order valence-corrected chi connectivity index (χ1v) is 15.8. The normalized spacial score (nSPS) is 14.0. The second-order valence-electron chi connectivity index (χ2n) is 10.3. The highest BCUT2D eigenvalue weighted by molar-refractivity contribution is 7.91. The van der Waals surface area contributed by atoms with Crippen molar-refractivity contribution in [3.05, 3.63) is 103 Å². The zero-order valence-corrected chi connectivity index (χ0v) is 23.4. The van der Waals surface area contributed by atoms with Gasteiger partial charge < -0.3 is 4.43 Å². The van der Waals surface area contributed by atoms with Crippen LogP contribution in [0.1, 0.15) is 47.5 Å². The van der Waals surface area contributed by atoms with Gasteiger partial charge in [-0.25, -0.2) is 8.42 Å². The Kier molecular flexibility index (Phi) is 8.92. The van der Waals surface area contributed by atoms with Gasteiger partial charge in [0.1, 0.15) is 0 Å². The lowest BCUT2D eigenvalue weighted by Crippen LogP contribution is -2.67. The number of benzene rings is 3. The van der Waals surface area contributed by atoms with Crippen LogP contribution in [0.4, 0.5) is 0 Å². The highest BCUT2D eigenvalue weighted by atomic mass is 32.2. The van der Waals surface area contributed by atoms with Gasteiger partial charge >= 0.3 is 0 Å². The zero-order valence-electron chi connectivity index (χ0n) is 21.6. The molecule has 35 heavy (non-hydrogen) atoms. The Balaban J connectivity index is 1.78. The minimum absolute atomic E-state index is 0.0242. The maximum Gasteiger partial charge on any atom is 0.261 e. The topological polar surface area (TPSA) is 43.4 Å². The van der Waals surface area contributed by atoms with E-state index >= 15 is 0 Å². The Bertz CT molecular complexity index is 1160. The van der Waals surface area contributed by atoms with Crippen LogP contribution < -0.4 is 10.4 Å². The Morgan fingerprint density at radius 1 is 0.857 bits per heavy atom. The Hall–Kier alpha value is -2.47. The van der Waals surface area contributed by atoms with Crippen LogP contribution in [-0.4, -0.2) is 28.6 Å². The maximum atomic E-state index is 12.7. The van der Waals surface area contributed by atoms with Crippen molar-refractivity contribution in [2.24, 2.45) is 0 Å². The summed E-state index contributed by atoms with van der Waals surface area (Å²) in [6, 6.07) is 30.0. The summed E-state index contributed by atoms with van der Waals surface area (Å²) in [5, 5.41) is 2.47. The number of sulfone groups is 1. The third kappa shape index (κ3) is 6.60. The molecule has 3 nitrogen and oxygen atoms in total. The number of hydrogen-bond acceptors (Lipinski definition) is 3. The lowest BCUT2D eigenvalue weighted by Gasteiger charge is -2.44. The van der Waals surface area contributed by atoms with Crippen LogP contribution in [0.15, 0.2) is 108 Å². The van der Waals surface area contributed by atoms with Crippen LogP contribution in [0.2, 0.25) is 5.04 Å². The lowest BCUT2D eigenvalue weighted by atomic mass is 10.2. The van der Waals surface area contributed by atoms with E-state index in [1.54, 1.807) is 24.3 Å². The highest BCUT2D eigenvalue weighted by Gasteiger charge is 2.50. The van der Waals surface area contributed by atoms with E-state index in [1.165, 1.54) is 10.4 Å². The fourth-order valence-electron chi connectivity index (χ4n) is 4.69. The summed E-state index contributed by atoms with van der Waals surface area (Å²) in [6.07, 6.45) is 3.67. The van der Waals surface area contributed by atoms with Crippen LogP contribution in [0.3, 0.4) is 0 Å². The Morgan fingerprint density at radius 3 is 1.77 bits per heavy atom. The van der Waals surface area contributed by atoms with E-state index < -0.39 is 18.2 Å². The van der Waals surface area contributed by atoms with Crippen LogP contribution in [-0.2, 0) is 14.3 Å². The molecule has 0 aliphatic rings. The van der Waals surface area contributed by atoms with E-state index in [0.29, 0.717) is 4.90 Å². The van der Waals surface area contributed by atoms with Crippen LogP contribution >= 0.6 is 0 Å². The number of hydrogen-bond donors (Lipinski definition) is 0. The first kappa shape index (κ1) is 27.1. The summed E-state index contributed by atoms with van der Waals surface area (Å²) in [5.41, 5.74) is 0.867. The molecule has 3 aromatic rings. The van der Waals surface area contributed by atoms with Gasteiger partial charge in [-0.1, -0.05) is 111 Å². The molecule has 1 unspecified atom stereocenters. The average molecular weight is 507 g/mol. The third-order valence-electron chi connectivity index (χ3n) is 6.38. The van der Waals surface area contributed by atoms with E-state index in [4.69, 9.17) is 4.43 Å². The molecular formula is C30H38O3SSi. The van der Waals surface area contributed by atoms with Gasteiger partial charge in [0, 0.05) is 6.10 Å². The largest absolute Gasteiger partial charge is 0.405 e. The molecule has 0 heterocycles. The van der Waals surface area contributed by atoms with Crippen molar-refractivity contribution in [3.63, 3.8) is 0 Å². The van der Waals surface area contributed by atoms with E-state index in [0.717, 1.165) is 18.4 Å². The first-order chi connectivity index (χ1) is 16.6. The van der Waals surface area contributed by atoms with Gasteiger partial charge in [-0.05, 0) is 54.2 Å². The summed E-state index contributed by atoms with van der Waals surface area (Å²) < 4.78 is 32.5. The smallest absolute Gasteiger partial charge is 0.261 e.